The van der Waals surface area contributed by atoms with Crippen LogP contribution in [0.4, 0.5) is 0 Å². The smallest absolute Gasteiger partial charge is 0.164 e. The summed E-state index contributed by atoms with van der Waals surface area (Å²) in [6.07, 6.45) is 0. The Morgan fingerprint density at radius 2 is 0.725 bits per heavy atom. The van der Waals surface area contributed by atoms with Crippen molar-refractivity contribution in [3.63, 3.8) is 0 Å². The van der Waals surface area contributed by atoms with Crippen LogP contribution in [0.15, 0.2) is 167 Å². The van der Waals surface area contributed by atoms with Crippen molar-refractivity contribution in [2.75, 3.05) is 0 Å². The second-order valence-corrected chi connectivity index (χ2v) is 12.8. The zero-order valence-corrected chi connectivity index (χ0v) is 27.1. The van der Waals surface area contributed by atoms with Crippen LogP contribution in [0.25, 0.3) is 106 Å². The monoisotopic (exact) mass is 654 g/mol. The van der Waals surface area contributed by atoms with E-state index in [1.165, 1.54) is 21.8 Å². The molecule has 11 aromatic rings. The number of rotatable bonds is 4. The topological polar surface area (TPSA) is 69.9 Å². The van der Waals surface area contributed by atoms with Crippen molar-refractivity contribution in [3.8, 4) is 39.9 Å². The molecule has 0 saturated carbocycles. The van der Waals surface area contributed by atoms with Crippen LogP contribution < -0.4 is 0 Å². The molecule has 0 saturated heterocycles. The molecular weight excluding hydrogens is 629 g/mol. The van der Waals surface area contributed by atoms with Gasteiger partial charge in [0.1, 0.15) is 22.3 Å². The fraction of sp³-hybridized carbons (Fsp3) is 0. The largest absolute Gasteiger partial charge is 0.456 e. The van der Waals surface area contributed by atoms with Crippen molar-refractivity contribution >= 4 is 65.7 Å². The van der Waals surface area contributed by atoms with Gasteiger partial charge in [-0.3, -0.25) is 0 Å². The lowest BCUT2D eigenvalue weighted by Crippen LogP contribution is -2.00. The number of furan rings is 2. The van der Waals surface area contributed by atoms with Crippen LogP contribution in [-0.4, -0.2) is 19.5 Å². The lowest BCUT2D eigenvalue weighted by atomic mass is 10.1. The highest BCUT2D eigenvalue weighted by atomic mass is 16.3. The third kappa shape index (κ3) is 4.33. The molecule has 0 radical (unpaired) electrons. The summed E-state index contributed by atoms with van der Waals surface area (Å²) < 4.78 is 14.6. The first kappa shape index (κ1) is 27.9. The third-order valence-corrected chi connectivity index (χ3v) is 9.87. The zero-order chi connectivity index (χ0) is 33.5. The van der Waals surface area contributed by atoms with Crippen molar-refractivity contribution in [1.29, 1.82) is 0 Å². The average molecular weight is 655 g/mol. The van der Waals surface area contributed by atoms with Gasteiger partial charge in [-0.15, -0.1) is 0 Å². The van der Waals surface area contributed by atoms with E-state index in [4.69, 9.17) is 23.8 Å². The van der Waals surface area contributed by atoms with Gasteiger partial charge >= 0.3 is 0 Å². The highest BCUT2D eigenvalue weighted by Crippen LogP contribution is 2.36. The van der Waals surface area contributed by atoms with E-state index in [9.17, 15) is 0 Å². The summed E-state index contributed by atoms with van der Waals surface area (Å²) in [4.78, 5) is 15.3. The number of para-hydroxylation sites is 4. The van der Waals surface area contributed by atoms with E-state index >= 15 is 0 Å². The molecule has 7 aromatic carbocycles. The predicted molar refractivity (Wildman–Crippen MR) is 205 cm³/mol. The molecule has 0 unspecified atom stereocenters. The summed E-state index contributed by atoms with van der Waals surface area (Å²) in [6.45, 7) is 0. The third-order valence-electron chi connectivity index (χ3n) is 9.87. The molecule has 0 aliphatic heterocycles. The molecule has 0 amide bonds. The van der Waals surface area contributed by atoms with Crippen LogP contribution in [0.3, 0.4) is 0 Å². The van der Waals surface area contributed by atoms with E-state index in [0.29, 0.717) is 17.5 Å². The Morgan fingerprint density at radius 3 is 1.24 bits per heavy atom. The summed E-state index contributed by atoms with van der Waals surface area (Å²) in [6, 6.07) is 54.0. The van der Waals surface area contributed by atoms with Crippen molar-refractivity contribution in [2.24, 2.45) is 0 Å². The average Bonchev–Trinajstić information content (AvgIpc) is 3.87. The van der Waals surface area contributed by atoms with Gasteiger partial charge in [0.2, 0.25) is 0 Å². The van der Waals surface area contributed by atoms with Crippen LogP contribution >= 0.6 is 0 Å². The molecule has 0 spiro atoms. The molecule has 0 N–H and O–H groups in total. The maximum absolute atomic E-state index is 6.13. The Morgan fingerprint density at radius 1 is 0.333 bits per heavy atom. The fourth-order valence-electron chi connectivity index (χ4n) is 7.45. The second-order valence-electron chi connectivity index (χ2n) is 12.8. The zero-order valence-electron chi connectivity index (χ0n) is 27.1. The van der Waals surface area contributed by atoms with E-state index in [-0.39, 0.29) is 0 Å². The molecule has 238 valence electrons. The summed E-state index contributed by atoms with van der Waals surface area (Å²) in [7, 11) is 0. The second kappa shape index (κ2) is 10.7. The molecule has 4 heterocycles. The molecule has 0 atom stereocenters. The van der Waals surface area contributed by atoms with Crippen molar-refractivity contribution < 1.29 is 8.83 Å². The minimum absolute atomic E-state index is 0.589. The highest BCUT2D eigenvalue weighted by Gasteiger charge is 2.17. The summed E-state index contributed by atoms with van der Waals surface area (Å²) >= 11 is 0. The van der Waals surface area contributed by atoms with E-state index in [1.807, 2.05) is 60.7 Å². The minimum Gasteiger partial charge on any atom is -0.456 e. The standard InChI is InChI=1S/C45H26N4O2/c1-5-13-37-31(9-1)32-10-2-6-14-38(32)49(37)30-21-17-27(18-22-30)43-46-44(28-19-23-41-35(25-28)33-11-3-7-15-39(33)50-41)48-45(47-43)29-20-24-42-36(26-29)34-12-4-8-16-40(34)51-42/h1-26H. The fourth-order valence-corrected chi connectivity index (χ4v) is 7.45. The Kier molecular flexibility index (Phi) is 5.86. The first-order chi connectivity index (χ1) is 25.2. The summed E-state index contributed by atoms with van der Waals surface area (Å²) in [5, 5.41) is 6.62. The summed E-state index contributed by atoms with van der Waals surface area (Å²) in [5.74, 6) is 1.77. The molecular formula is C45H26N4O2. The molecule has 0 aliphatic rings. The van der Waals surface area contributed by atoms with Crippen LogP contribution in [0.2, 0.25) is 0 Å². The van der Waals surface area contributed by atoms with Gasteiger partial charge in [0.15, 0.2) is 17.5 Å². The number of nitrogens with zero attached hydrogens (tertiary/aromatic N) is 4. The molecule has 6 heteroatoms. The maximum Gasteiger partial charge on any atom is 0.164 e. The first-order valence-electron chi connectivity index (χ1n) is 16.9. The normalized spacial score (nSPS) is 11.9. The molecule has 0 bridgehead atoms. The van der Waals surface area contributed by atoms with Crippen LogP contribution in [0.5, 0.6) is 0 Å². The molecule has 6 nitrogen and oxygen atoms in total. The van der Waals surface area contributed by atoms with Gasteiger partial charge in [0.05, 0.1) is 11.0 Å². The molecule has 51 heavy (non-hydrogen) atoms. The number of hydrogen-bond donors (Lipinski definition) is 0. The first-order valence-corrected chi connectivity index (χ1v) is 16.9. The lowest BCUT2D eigenvalue weighted by Gasteiger charge is -2.11. The van der Waals surface area contributed by atoms with Gasteiger partial charge in [-0.1, -0.05) is 72.8 Å². The number of benzene rings is 7. The van der Waals surface area contributed by atoms with Crippen LogP contribution in [0, 0.1) is 0 Å². The predicted octanol–water partition coefficient (Wildman–Crippen LogP) is 11.8. The van der Waals surface area contributed by atoms with Crippen molar-refractivity contribution in [2.45, 2.75) is 0 Å². The van der Waals surface area contributed by atoms with Crippen molar-refractivity contribution in [3.05, 3.63) is 158 Å². The Hall–Kier alpha value is -7.05. The Bertz CT molecular complexity index is 2960. The van der Waals surface area contributed by atoms with Crippen LogP contribution in [-0.2, 0) is 0 Å². The van der Waals surface area contributed by atoms with Gasteiger partial charge in [0.25, 0.3) is 0 Å². The van der Waals surface area contributed by atoms with Gasteiger partial charge in [0, 0.05) is 54.7 Å². The quantitative estimate of drug-likeness (QED) is 0.189. The number of fused-ring (bicyclic) bond motifs is 9. The summed E-state index contributed by atoms with van der Waals surface area (Å²) in [5.41, 5.74) is 9.43. The van der Waals surface area contributed by atoms with Gasteiger partial charge in [-0.05, 0) is 84.9 Å². The van der Waals surface area contributed by atoms with Gasteiger partial charge in [-0.2, -0.15) is 0 Å². The molecule has 0 aliphatic carbocycles. The molecule has 0 fully saturated rings. The van der Waals surface area contributed by atoms with Gasteiger partial charge < -0.3 is 13.4 Å². The number of aromatic nitrogens is 4. The minimum atomic E-state index is 0.589. The highest BCUT2D eigenvalue weighted by molar-refractivity contribution is 6.09. The molecule has 4 aromatic heterocycles. The van der Waals surface area contributed by atoms with E-state index in [1.54, 1.807) is 0 Å². The van der Waals surface area contributed by atoms with E-state index in [0.717, 1.165) is 66.3 Å². The SMILES string of the molecule is c1ccc2c(c1)oc1ccc(-c3nc(-c4ccc(-n5c6ccccc6c6ccccc65)cc4)nc(-c4ccc5oc6ccccc6c5c4)n3)cc12. The van der Waals surface area contributed by atoms with Crippen molar-refractivity contribution in [1.82, 2.24) is 19.5 Å². The molecule has 11 rings (SSSR count). The maximum atomic E-state index is 6.13. The number of hydrogen-bond acceptors (Lipinski definition) is 5. The Balaban J connectivity index is 1.09. The van der Waals surface area contributed by atoms with Gasteiger partial charge in [-0.25, -0.2) is 15.0 Å². The van der Waals surface area contributed by atoms with E-state index < -0.39 is 0 Å². The lowest BCUT2D eigenvalue weighted by molar-refractivity contribution is 0.668. The van der Waals surface area contributed by atoms with E-state index in [2.05, 4.69) is 102 Å². The Labute approximate surface area is 290 Å². The van der Waals surface area contributed by atoms with Crippen LogP contribution in [0.1, 0.15) is 0 Å².